The summed E-state index contributed by atoms with van der Waals surface area (Å²) >= 11 is 4.81. The first-order valence-electron chi connectivity index (χ1n) is 2.49. The third kappa shape index (κ3) is 18.5. The number of hydrogen-bond donors (Lipinski definition) is 0. The second-order valence-electron chi connectivity index (χ2n) is 1.40. The molecule has 0 heterocycles. The van der Waals surface area contributed by atoms with E-state index in [0.717, 1.165) is 0 Å². The van der Waals surface area contributed by atoms with Crippen LogP contribution in [0, 0.1) is 0 Å². The third-order valence-electron chi connectivity index (χ3n) is 0.328. The van der Waals surface area contributed by atoms with Gasteiger partial charge in [-0.2, -0.15) is 0 Å². The molecule has 0 radical (unpaired) electrons. The van der Waals surface area contributed by atoms with Gasteiger partial charge in [0.2, 0.25) is 0 Å². The number of carbonyl (C=O) groups excluding carboxylic acids is 1. The van der Waals surface area contributed by atoms with Gasteiger partial charge in [0, 0.05) is 11.6 Å². The van der Waals surface area contributed by atoms with Crippen molar-refractivity contribution < 1.29 is 9.53 Å². The van der Waals surface area contributed by atoms with Crippen LogP contribution >= 0.6 is 11.6 Å². The van der Waals surface area contributed by atoms with Gasteiger partial charge in [-0.05, 0) is 13.8 Å². The van der Waals surface area contributed by atoms with Gasteiger partial charge in [0.15, 0.2) is 0 Å². The fourth-order valence-corrected chi connectivity index (χ4v) is 0.363. The van der Waals surface area contributed by atoms with Crippen LogP contribution in [0.4, 0.5) is 4.79 Å². The van der Waals surface area contributed by atoms with E-state index in [1.165, 1.54) is 0 Å². The number of halogens is 1. The zero-order valence-corrected chi connectivity index (χ0v) is 6.44. The molecule has 0 spiro atoms. The summed E-state index contributed by atoms with van der Waals surface area (Å²) in [5, 5.41) is 0. The van der Waals surface area contributed by atoms with E-state index in [4.69, 9.17) is 11.6 Å². The summed E-state index contributed by atoms with van der Waals surface area (Å²) in [5.74, 6) is 0. The van der Waals surface area contributed by atoms with Gasteiger partial charge in [0.25, 0.3) is 0 Å². The molecule has 9 heavy (non-hydrogen) atoms. The van der Waals surface area contributed by atoms with Gasteiger partial charge in [0.1, 0.15) is 0 Å². The standard InChI is InChI=1S/C4H7ClO2.C2H4/c1-3(2)7-4(5)6;1-2/h3H,1-2H3;1-2H2. The minimum absolute atomic E-state index is 0.106. The molecule has 54 valence electrons. The van der Waals surface area contributed by atoms with Crippen LogP contribution in [0.2, 0.25) is 0 Å². The average molecular weight is 151 g/mol. The highest BCUT2D eigenvalue weighted by Gasteiger charge is 1.96. The molecule has 0 aromatic carbocycles. The molecule has 0 bridgehead atoms. The molecule has 2 nitrogen and oxygen atoms in total. The van der Waals surface area contributed by atoms with E-state index < -0.39 is 5.43 Å². The molecule has 0 N–H and O–H groups in total. The van der Waals surface area contributed by atoms with E-state index in [-0.39, 0.29) is 6.10 Å². The lowest BCUT2D eigenvalue weighted by atomic mass is 10.5. The highest BCUT2D eigenvalue weighted by atomic mass is 35.5. The lowest BCUT2D eigenvalue weighted by molar-refractivity contribution is 0.141. The predicted octanol–water partition coefficient (Wildman–Crippen LogP) is 2.57. The molecule has 0 saturated heterocycles. The molecule has 0 aromatic rings. The molecule has 0 unspecified atom stereocenters. The Morgan fingerprint density at radius 1 is 1.56 bits per heavy atom. The first-order valence-corrected chi connectivity index (χ1v) is 2.87. The lowest BCUT2D eigenvalue weighted by Crippen LogP contribution is -2.03. The van der Waals surface area contributed by atoms with Crippen LogP contribution in [0.15, 0.2) is 13.2 Å². The first-order chi connectivity index (χ1) is 4.13. The van der Waals surface area contributed by atoms with E-state index in [1.54, 1.807) is 13.8 Å². The number of carbonyl (C=O) groups is 1. The predicted molar refractivity (Wildman–Crippen MR) is 38.7 cm³/mol. The molecule has 0 saturated carbocycles. The highest BCUT2D eigenvalue weighted by Crippen LogP contribution is 1.92. The monoisotopic (exact) mass is 150 g/mol. The lowest BCUT2D eigenvalue weighted by Gasteiger charge is -2.00. The zero-order valence-electron chi connectivity index (χ0n) is 5.69. The van der Waals surface area contributed by atoms with Gasteiger partial charge < -0.3 is 4.74 Å². The molecule has 0 aliphatic heterocycles. The average Bonchev–Trinajstić information content (AvgIpc) is 1.68. The van der Waals surface area contributed by atoms with Crippen LogP contribution in [-0.4, -0.2) is 11.5 Å². The smallest absolute Gasteiger partial charge is 0.404 e. The maximum Gasteiger partial charge on any atom is 0.404 e. The Kier molecular flexibility index (Phi) is 9.43. The number of rotatable bonds is 1. The fourth-order valence-electron chi connectivity index (χ4n) is 0.185. The summed E-state index contributed by atoms with van der Waals surface area (Å²) in [7, 11) is 0. The summed E-state index contributed by atoms with van der Waals surface area (Å²) < 4.78 is 4.38. The van der Waals surface area contributed by atoms with Crippen LogP contribution in [0.5, 0.6) is 0 Å². The van der Waals surface area contributed by atoms with E-state index in [1.807, 2.05) is 0 Å². The van der Waals surface area contributed by atoms with Gasteiger partial charge in [-0.15, -0.1) is 13.2 Å². The van der Waals surface area contributed by atoms with Crippen molar-refractivity contribution in [3.8, 4) is 0 Å². The summed E-state index contributed by atoms with van der Waals surface area (Å²) in [5.41, 5.74) is -0.741. The van der Waals surface area contributed by atoms with Gasteiger partial charge in [-0.3, -0.25) is 0 Å². The Labute approximate surface area is 60.5 Å². The van der Waals surface area contributed by atoms with E-state index >= 15 is 0 Å². The molecule has 0 amide bonds. The number of ether oxygens (including phenoxy) is 1. The molecular weight excluding hydrogens is 140 g/mol. The van der Waals surface area contributed by atoms with E-state index in [9.17, 15) is 4.79 Å². The minimum atomic E-state index is -0.741. The number of hydrogen-bond acceptors (Lipinski definition) is 2. The van der Waals surface area contributed by atoms with Crippen molar-refractivity contribution in [3.05, 3.63) is 13.2 Å². The van der Waals surface area contributed by atoms with Gasteiger partial charge >= 0.3 is 5.43 Å². The second-order valence-corrected chi connectivity index (χ2v) is 1.71. The molecule has 0 aliphatic rings. The van der Waals surface area contributed by atoms with Crippen molar-refractivity contribution in [3.63, 3.8) is 0 Å². The zero-order chi connectivity index (χ0) is 7.86. The summed E-state index contributed by atoms with van der Waals surface area (Å²) in [6.45, 7) is 9.47. The van der Waals surface area contributed by atoms with Crippen molar-refractivity contribution in [1.29, 1.82) is 0 Å². The van der Waals surface area contributed by atoms with Crippen molar-refractivity contribution in [2.75, 3.05) is 0 Å². The van der Waals surface area contributed by atoms with Crippen LogP contribution in [0.25, 0.3) is 0 Å². The Bertz CT molecular complexity index is 81.1. The molecule has 3 heteroatoms. The van der Waals surface area contributed by atoms with Crippen LogP contribution in [0.1, 0.15) is 13.8 Å². The maximum absolute atomic E-state index is 9.80. The summed E-state index contributed by atoms with van der Waals surface area (Å²) in [6, 6.07) is 0. The van der Waals surface area contributed by atoms with Crippen molar-refractivity contribution >= 4 is 17.0 Å². The Morgan fingerprint density at radius 3 is 1.89 bits per heavy atom. The molecular formula is C6H11ClO2. The van der Waals surface area contributed by atoms with Crippen molar-refractivity contribution in [2.24, 2.45) is 0 Å². The van der Waals surface area contributed by atoms with Crippen LogP contribution < -0.4 is 0 Å². The SMILES string of the molecule is C=C.CC(C)OC(=O)Cl. The van der Waals surface area contributed by atoms with Crippen LogP contribution in [-0.2, 0) is 4.74 Å². The quantitative estimate of drug-likeness (QED) is 0.424. The van der Waals surface area contributed by atoms with Gasteiger partial charge in [-0.1, -0.05) is 0 Å². The molecule has 0 aromatic heterocycles. The largest absolute Gasteiger partial charge is 0.451 e. The fraction of sp³-hybridized carbons (Fsp3) is 0.500. The molecule has 0 atom stereocenters. The molecule has 0 rings (SSSR count). The molecule has 0 fully saturated rings. The molecule has 0 aliphatic carbocycles. The van der Waals surface area contributed by atoms with Gasteiger partial charge in [0.05, 0.1) is 6.10 Å². The van der Waals surface area contributed by atoms with Crippen molar-refractivity contribution in [2.45, 2.75) is 20.0 Å². The topological polar surface area (TPSA) is 26.3 Å². The Balaban J connectivity index is 0. The first kappa shape index (κ1) is 11.3. The normalized spacial score (nSPS) is 7.56. The highest BCUT2D eigenvalue weighted by molar-refractivity contribution is 6.61. The summed E-state index contributed by atoms with van der Waals surface area (Å²) in [4.78, 5) is 9.80. The van der Waals surface area contributed by atoms with Crippen LogP contribution in [0.3, 0.4) is 0 Å². The van der Waals surface area contributed by atoms with Gasteiger partial charge in [-0.25, -0.2) is 4.79 Å². The van der Waals surface area contributed by atoms with Crippen molar-refractivity contribution in [1.82, 2.24) is 0 Å². The Hall–Kier alpha value is -0.500. The minimum Gasteiger partial charge on any atom is -0.451 e. The maximum atomic E-state index is 9.80. The third-order valence-corrected chi connectivity index (χ3v) is 0.417. The van der Waals surface area contributed by atoms with E-state index in [0.29, 0.717) is 0 Å². The Morgan fingerprint density at radius 2 is 1.89 bits per heavy atom. The van der Waals surface area contributed by atoms with E-state index in [2.05, 4.69) is 17.9 Å². The summed E-state index contributed by atoms with van der Waals surface area (Å²) in [6.07, 6.45) is -0.106. The second kappa shape index (κ2) is 7.50.